The monoisotopic (exact) mass is 487 g/mol. The first-order valence-corrected chi connectivity index (χ1v) is 9.14. The molecule has 8 heteroatoms. The minimum absolute atomic E-state index is 0. The van der Waals surface area contributed by atoms with Crippen molar-refractivity contribution in [2.45, 2.75) is 48.7 Å². The number of hydrogen-bond donors (Lipinski definition) is 1. The first-order chi connectivity index (χ1) is 18.8. The van der Waals surface area contributed by atoms with Crippen LogP contribution in [0.1, 0.15) is 44.5 Å². The van der Waals surface area contributed by atoms with Gasteiger partial charge in [0.25, 0.3) is 0 Å². The number of esters is 1. The molecule has 3 aliphatic heterocycles. The second kappa shape index (κ2) is 6.64. The van der Waals surface area contributed by atoms with E-state index in [9.17, 15) is 9.90 Å². The quantitative estimate of drug-likeness (QED) is 0.353. The molecule has 2 bridgehead atoms. The SMILES string of the molecule is [2H]c1sc(C(O)(C(=O)OC2CC3([2H])C4([2H])OC4([2H])C([2H])(C2)[N+]3(C([2H])([2H])[2H])C([2H])([2H])[2H])c2sc([2H])c([2H])c2[2H])c([2H])c1[2H].[Br-]. The van der Waals surface area contributed by atoms with Crippen LogP contribution in [0.2, 0.25) is 0 Å². The van der Waals surface area contributed by atoms with Crippen molar-refractivity contribution in [3.8, 4) is 0 Å². The van der Waals surface area contributed by atoms with Gasteiger partial charge < -0.3 is 36.0 Å². The van der Waals surface area contributed by atoms with Crippen molar-refractivity contribution in [3.63, 3.8) is 0 Å². The Morgan fingerprint density at radius 2 is 1.85 bits per heavy atom. The zero-order valence-electron chi connectivity index (χ0n) is 29.3. The molecule has 2 aromatic rings. The minimum Gasteiger partial charge on any atom is -1.00 e. The minimum atomic E-state index is -3.65. The highest BCUT2D eigenvalue weighted by molar-refractivity contribution is 7.12. The van der Waals surface area contributed by atoms with E-state index in [1.54, 1.807) is 0 Å². The third kappa shape index (κ3) is 2.84. The fourth-order valence-corrected chi connectivity index (χ4v) is 4.54. The Hall–Kier alpha value is -0.770. The average Bonchev–Trinajstić information content (AvgIpc) is 3.21. The summed E-state index contributed by atoms with van der Waals surface area (Å²) in [7, 11) is 0. The fraction of sp³-hybridized carbons (Fsp3) is 0.526. The largest absolute Gasteiger partial charge is 1.00 e. The van der Waals surface area contributed by atoms with Gasteiger partial charge in [0.2, 0.25) is 5.60 Å². The van der Waals surface area contributed by atoms with Crippen LogP contribution in [0.4, 0.5) is 0 Å². The van der Waals surface area contributed by atoms with Crippen molar-refractivity contribution < 1.29 is 62.8 Å². The number of quaternary nitrogens is 1. The number of nitrogens with zero attached hydrogens (tertiary/aromatic N) is 1. The van der Waals surface area contributed by atoms with Gasteiger partial charge in [-0.25, -0.2) is 4.79 Å². The van der Waals surface area contributed by atoms with Crippen LogP contribution in [-0.4, -0.2) is 59.8 Å². The van der Waals surface area contributed by atoms with Gasteiger partial charge >= 0.3 is 5.97 Å². The van der Waals surface area contributed by atoms with Crippen LogP contribution >= 0.6 is 22.7 Å². The van der Waals surface area contributed by atoms with E-state index in [0.29, 0.717) is 22.7 Å². The van der Waals surface area contributed by atoms with Crippen LogP contribution in [0.3, 0.4) is 0 Å². The highest BCUT2D eigenvalue weighted by Crippen LogP contribution is 2.52. The maximum absolute atomic E-state index is 13.8. The van der Waals surface area contributed by atoms with Gasteiger partial charge in [-0.3, -0.25) is 0 Å². The summed E-state index contributed by atoms with van der Waals surface area (Å²) in [5.41, 5.74) is -3.15. The lowest BCUT2D eigenvalue weighted by atomic mass is 9.95. The third-order valence-electron chi connectivity index (χ3n) is 4.53. The van der Waals surface area contributed by atoms with Gasteiger partial charge in [-0.2, -0.15) is 0 Å². The molecule has 4 atom stereocenters. The van der Waals surface area contributed by atoms with Crippen LogP contribution in [0.25, 0.3) is 0 Å². The molecule has 27 heavy (non-hydrogen) atoms. The maximum atomic E-state index is 13.8. The smallest absolute Gasteiger partial charge is 0.349 e. The number of rotatable bonds is 4. The number of ether oxygens (including phenoxy) is 2. The van der Waals surface area contributed by atoms with Crippen LogP contribution in [0.15, 0.2) is 34.9 Å². The number of carbonyl (C=O) groups excluding carboxylic acids is 1. The van der Waals surface area contributed by atoms with E-state index in [2.05, 4.69) is 0 Å². The molecule has 0 aliphatic carbocycles. The van der Waals surface area contributed by atoms with Crippen LogP contribution in [-0.2, 0) is 19.9 Å². The molecule has 0 amide bonds. The number of epoxide rings is 1. The number of fused-ring (bicyclic) bond motifs is 5. The van der Waals surface area contributed by atoms with Gasteiger partial charge in [0.15, 0.2) is 0 Å². The van der Waals surface area contributed by atoms with E-state index in [1.165, 1.54) is 0 Å². The molecular weight excluding hydrogens is 450 g/mol. The molecule has 2 aromatic heterocycles. The number of thiophene rings is 2. The summed E-state index contributed by atoms with van der Waals surface area (Å²) in [4.78, 5) is 12.5. The highest BCUT2D eigenvalue weighted by atomic mass is 79.9. The Morgan fingerprint density at radius 1 is 1.30 bits per heavy atom. The Balaban J connectivity index is 0.00000423. The number of aliphatic hydroxyl groups is 1. The van der Waals surface area contributed by atoms with Crippen molar-refractivity contribution in [2.24, 2.45) is 0 Å². The lowest BCUT2D eigenvalue weighted by molar-refractivity contribution is -0.938. The second-order valence-corrected chi connectivity index (χ2v) is 7.67. The van der Waals surface area contributed by atoms with Gasteiger partial charge in [0, 0.05) is 12.8 Å². The summed E-state index contributed by atoms with van der Waals surface area (Å²) < 4.78 is 140. The summed E-state index contributed by atoms with van der Waals surface area (Å²) in [6.45, 7) is -7.30. The number of halogens is 1. The molecule has 0 spiro atoms. The molecule has 0 radical (unpaired) electrons. The van der Waals surface area contributed by atoms with Crippen LogP contribution in [0, 0.1) is 0 Å². The van der Waals surface area contributed by atoms with Crippen LogP contribution in [0.5, 0.6) is 0 Å². The highest BCUT2D eigenvalue weighted by Gasteiger charge is 2.71. The lowest BCUT2D eigenvalue weighted by Gasteiger charge is -2.45. The zero-order chi connectivity index (χ0) is 32.0. The van der Waals surface area contributed by atoms with E-state index in [4.69, 9.17) is 31.4 Å². The van der Waals surface area contributed by atoms with Crippen molar-refractivity contribution in [2.75, 3.05) is 14.0 Å². The van der Waals surface area contributed by atoms with E-state index < -0.39 is 118 Å². The summed E-state index contributed by atoms with van der Waals surface area (Å²) in [5.74, 6) is -1.70. The van der Waals surface area contributed by atoms with E-state index in [-0.39, 0.29) is 17.0 Å². The van der Waals surface area contributed by atoms with E-state index >= 15 is 0 Å². The molecule has 0 aromatic carbocycles. The van der Waals surface area contributed by atoms with Crippen LogP contribution < -0.4 is 17.0 Å². The van der Waals surface area contributed by atoms with E-state index in [1.807, 2.05) is 0 Å². The molecule has 3 aliphatic rings. The molecule has 3 fully saturated rings. The molecular formula is C19H22BrNO4S2. The molecule has 1 N–H and O–H groups in total. The first-order valence-electron chi connectivity index (χ1n) is 15.5. The van der Waals surface area contributed by atoms with Gasteiger partial charge in [0.1, 0.15) is 30.3 Å². The number of piperidine rings is 1. The van der Waals surface area contributed by atoms with Crippen molar-refractivity contribution >= 4 is 28.6 Å². The molecule has 3 saturated heterocycles. The number of morpholine rings is 1. The summed E-state index contributed by atoms with van der Waals surface area (Å²) in [5, 5.41) is 10.7. The zero-order valence-corrected chi connectivity index (χ0v) is 16.5. The van der Waals surface area contributed by atoms with Gasteiger partial charge in [0.05, 0.1) is 45.6 Å². The Kier molecular flexibility index (Phi) is 2.01. The van der Waals surface area contributed by atoms with Gasteiger partial charge in [-0.1, -0.05) is 12.1 Å². The first kappa shape index (κ1) is 8.16. The Morgan fingerprint density at radius 3 is 2.30 bits per heavy atom. The topological polar surface area (TPSA) is 59.1 Å². The summed E-state index contributed by atoms with van der Waals surface area (Å²) in [6, 6.07) is -9.17. The lowest BCUT2D eigenvalue weighted by Crippen LogP contribution is -3.00. The van der Waals surface area contributed by atoms with E-state index in [0.717, 1.165) is 0 Å². The molecule has 146 valence electrons. The predicted molar refractivity (Wildman–Crippen MR) is 99.1 cm³/mol. The van der Waals surface area contributed by atoms with Gasteiger partial charge in [-0.05, 0) is 22.8 Å². The molecule has 5 rings (SSSR count). The molecule has 5 heterocycles. The van der Waals surface area contributed by atoms with Crippen molar-refractivity contribution in [1.29, 1.82) is 0 Å². The van der Waals surface area contributed by atoms with Crippen molar-refractivity contribution in [1.82, 2.24) is 0 Å². The second-order valence-electron chi connectivity index (χ2n) is 6.04. The summed E-state index contributed by atoms with van der Waals surface area (Å²) >= 11 is 0.635. The Bertz CT molecular complexity index is 1430. The Labute approximate surface area is 199 Å². The number of likely N-dealkylation sites (N-methyl/N-ethyl adjacent to an activating group) is 1. The number of carbonyl (C=O) groups is 1. The molecule has 0 saturated carbocycles. The van der Waals surface area contributed by atoms with Crippen molar-refractivity contribution in [3.05, 3.63) is 44.6 Å². The molecule has 5 nitrogen and oxygen atoms in total. The molecule has 4 unspecified atom stereocenters. The standard InChI is InChI=1S/C19H22NO4S2.BrH/c1-20(2)12-9-11(10-13(20)17-16(12)24-17)23-18(21)19(22,14-5-3-7-25-14)15-6-4-8-26-15;/h3-8,11-13,16-17,22H,9-10H2,1-2H3;1H/q+1;/p-1/i1D3,2D3,3D,4D,5D,6D,7D,8D,12D,13D,16D,17D;. The normalized spacial score (nSPS) is 53.4. The summed E-state index contributed by atoms with van der Waals surface area (Å²) in [6.07, 6.45) is -9.55. The third-order valence-corrected chi connectivity index (χ3v) is 6.14. The average molecular weight is 489 g/mol. The maximum Gasteiger partial charge on any atom is 0.349 e. The van der Waals surface area contributed by atoms with Gasteiger partial charge in [-0.15, -0.1) is 22.7 Å². The predicted octanol–water partition coefficient (Wildman–Crippen LogP) is -0.650. The fourth-order valence-electron chi connectivity index (χ4n) is 3.19. The number of hydrogen-bond acceptors (Lipinski definition) is 6.